The molecular weight excluding hydrogens is 286 g/mol. The molecule has 6 heteroatoms. The molecule has 5 nitrogen and oxygen atoms in total. The van der Waals surface area contributed by atoms with Crippen LogP contribution in [0.3, 0.4) is 0 Å². The molecule has 1 aliphatic rings. The quantitative estimate of drug-likeness (QED) is 0.645. The lowest BCUT2D eigenvalue weighted by atomic mass is 10.1. The molecule has 1 atom stereocenters. The number of anilines is 1. The van der Waals surface area contributed by atoms with E-state index in [9.17, 15) is 10.1 Å². The average molecular weight is 309 g/mol. The average Bonchev–Trinajstić information content (AvgIpc) is 2.49. The number of nitrogens with zero attached hydrogens (tertiary/aromatic N) is 2. The van der Waals surface area contributed by atoms with Crippen molar-refractivity contribution in [2.75, 3.05) is 30.7 Å². The van der Waals surface area contributed by atoms with Gasteiger partial charge in [0.25, 0.3) is 5.69 Å². The topological polar surface area (TPSA) is 58.4 Å². The van der Waals surface area contributed by atoms with Crippen LogP contribution in [0.15, 0.2) is 18.2 Å². The molecule has 1 fully saturated rings. The third-order valence-corrected chi connectivity index (χ3v) is 5.11. The van der Waals surface area contributed by atoms with Gasteiger partial charge in [-0.1, -0.05) is 6.92 Å². The highest BCUT2D eigenvalue weighted by Gasteiger charge is 2.20. The van der Waals surface area contributed by atoms with Gasteiger partial charge in [0.05, 0.1) is 4.92 Å². The van der Waals surface area contributed by atoms with Gasteiger partial charge in [-0.15, -0.1) is 0 Å². The number of benzene rings is 1. The molecule has 0 bridgehead atoms. The summed E-state index contributed by atoms with van der Waals surface area (Å²) in [6.45, 7) is 7.97. The number of nitrogens with one attached hydrogen (secondary N) is 1. The number of hydrogen-bond acceptors (Lipinski definition) is 5. The fourth-order valence-corrected chi connectivity index (χ4v) is 3.85. The summed E-state index contributed by atoms with van der Waals surface area (Å²) in [6, 6.07) is 5.11. The second kappa shape index (κ2) is 7.66. The molecule has 1 unspecified atom stereocenters. The smallest absolute Gasteiger partial charge is 0.269 e. The van der Waals surface area contributed by atoms with Crippen molar-refractivity contribution in [3.8, 4) is 0 Å². The van der Waals surface area contributed by atoms with Crippen LogP contribution >= 0.6 is 11.8 Å². The van der Waals surface area contributed by atoms with E-state index in [2.05, 4.69) is 17.1 Å². The predicted molar refractivity (Wildman–Crippen MR) is 89.1 cm³/mol. The predicted octanol–water partition coefficient (Wildman–Crippen LogP) is 3.35. The van der Waals surface area contributed by atoms with Gasteiger partial charge >= 0.3 is 0 Å². The summed E-state index contributed by atoms with van der Waals surface area (Å²) in [6.07, 6.45) is 1.18. The van der Waals surface area contributed by atoms with Crippen molar-refractivity contribution in [2.24, 2.45) is 0 Å². The van der Waals surface area contributed by atoms with E-state index in [4.69, 9.17) is 0 Å². The van der Waals surface area contributed by atoms with Gasteiger partial charge in [0.2, 0.25) is 0 Å². The van der Waals surface area contributed by atoms with Gasteiger partial charge < -0.3 is 5.32 Å². The maximum Gasteiger partial charge on any atom is 0.269 e. The zero-order valence-electron chi connectivity index (χ0n) is 12.7. The van der Waals surface area contributed by atoms with Gasteiger partial charge in [-0.2, -0.15) is 11.8 Å². The van der Waals surface area contributed by atoms with Crippen LogP contribution in [0.4, 0.5) is 11.4 Å². The molecule has 1 aliphatic heterocycles. The van der Waals surface area contributed by atoms with E-state index >= 15 is 0 Å². The summed E-state index contributed by atoms with van der Waals surface area (Å²) in [5, 5.41) is 15.0. The molecule has 0 amide bonds. The van der Waals surface area contributed by atoms with Crippen LogP contribution in [0.5, 0.6) is 0 Å². The number of rotatable bonds is 6. The van der Waals surface area contributed by atoms with Crippen molar-refractivity contribution in [3.63, 3.8) is 0 Å². The lowest BCUT2D eigenvalue weighted by Gasteiger charge is -2.32. The third kappa shape index (κ3) is 4.35. The van der Waals surface area contributed by atoms with E-state index in [-0.39, 0.29) is 10.6 Å². The van der Waals surface area contributed by atoms with Crippen molar-refractivity contribution in [3.05, 3.63) is 33.9 Å². The van der Waals surface area contributed by atoms with Crippen molar-refractivity contribution < 1.29 is 4.92 Å². The molecule has 0 saturated carbocycles. The first-order valence-corrected chi connectivity index (χ1v) is 8.54. The minimum atomic E-state index is -0.319. The summed E-state index contributed by atoms with van der Waals surface area (Å²) in [7, 11) is 0. The van der Waals surface area contributed by atoms with E-state index in [0.717, 1.165) is 43.2 Å². The van der Waals surface area contributed by atoms with Gasteiger partial charge in [-0.05, 0) is 25.0 Å². The summed E-state index contributed by atoms with van der Waals surface area (Å²) in [4.78, 5) is 13.1. The van der Waals surface area contributed by atoms with Crippen LogP contribution in [-0.4, -0.2) is 40.5 Å². The second-order valence-electron chi connectivity index (χ2n) is 5.27. The lowest BCUT2D eigenvalue weighted by Crippen LogP contribution is -2.37. The summed E-state index contributed by atoms with van der Waals surface area (Å²) >= 11 is 2.03. The number of non-ortho nitro benzene ring substituents is 1. The highest BCUT2D eigenvalue weighted by atomic mass is 32.2. The molecule has 0 spiro atoms. The number of hydrogen-bond donors (Lipinski definition) is 1. The summed E-state index contributed by atoms with van der Waals surface area (Å²) in [5.41, 5.74) is 2.20. The van der Waals surface area contributed by atoms with Crippen LogP contribution in [0.2, 0.25) is 0 Å². The molecule has 1 saturated heterocycles. The Bertz CT molecular complexity index is 496. The third-order valence-electron chi connectivity index (χ3n) is 3.74. The Morgan fingerprint density at radius 1 is 1.48 bits per heavy atom. The summed E-state index contributed by atoms with van der Waals surface area (Å²) in [5.74, 6) is 1.14. The van der Waals surface area contributed by atoms with E-state index in [1.54, 1.807) is 12.1 Å². The standard InChI is InChI=1S/C15H23N3O2S/c1-3-14-11-17(7-8-21-14)10-12-9-13(18(19)20)5-6-15(12)16-4-2/h5-6,9,14,16H,3-4,7-8,10-11H2,1-2H3. The molecule has 0 radical (unpaired) electrons. The zero-order valence-corrected chi connectivity index (χ0v) is 13.5. The van der Waals surface area contributed by atoms with Crippen molar-refractivity contribution in [1.29, 1.82) is 0 Å². The van der Waals surface area contributed by atoms with E-state index in [1.165, 1.54) is 6.42 Å². The lowest BCUT2D eigenvalue weighted by molar-refractivity contribution is -0.384. The SMILES string of the molecule is CCNc1ccc([N+](=O)[O-])cc1CN1CCSC(CC)C1. The fourth-order valence-electron chi connectivity index (χ4n) is 2.60. The normalized spacial score (nSPS) is 19.4. The first-order valence-electron chi connectivity index (χ1n) is 7.49. The van der Waals surface area contributed by atoms with E-state index in [1.807, 2.05) is 24.8 Å². The van der Waals surface area contributed by atoms with Crippen LogP contribution < -0.4 is 5.32 Å². The first-order chi connectivity index (χ1) is 10.1. The molecule has 2 rings (SSSR count). The first kappa shape index (κ1) is 16.1. The van der Waals surface area contributed by atoms with Gasteiger partial charge in [-0.25, -0.2) is 0 Å². The van der Waals surface area contributed by atoms with Gasteiger partial charge in [0, 0.05) is 55.0 Å². The molecule has 0 aliphatic carbocycles. The molecule has 1 N–H and O–H groups in total. The van der Waals surface area contributed by atoms with Gasteiger partial charge in [0.15, 0.2) is 0 Å². The Morgan fingerprint density at radius 3 is 2.95 bits per heavy atom. The molecular formula is C15H23N3O2S. The Labute approximate surface area is 130 Å². The summed E-state index contributed by atoms with van der Waals surface area (Å²) < 4.78 is 0. The Balaban J connectivity index is 2.15. The molecule has 1 aromatic carbocycles. The van der Waals surface area contributed by atoms with Crippen molar-refractivity contribution in [2.45, 2.75) is 32.1 Å². The van der Waals surface area contributed by atoms with E-state index in [0.29, 0.717) is 5.25 Å². The minimum absolute atomic E-state index is 0.171. The minimum Gasteiger partial charge on any atom is -0.385 e. The van der Waals surface area contributed by atoms with Crippen molar-refractivity contribution >= 4 is 23.1 Å². The highest BCUT2D eigenvalue weighted by Crippen LogP contribution is 2.27. The highest BCUT2D eigenvalue weighted by molar-refractivity contribution is 8.00. The Kier molecular flexibility index (Phi) is 5.87. The monoisotopic (exact) mass is 309 g/mol. The largest absolute Gasteiger partial charge is 0.385 e. The Morgan fingerprint density at radius 2 is 2.29 bits per heavy atom. The second-order valence-corrected chi connectivity index (χ2v) is 6.67. The van der Waals surface area contributed by atoms with E-state index < -0.39 is 0 Å². The maximum atomic E-state index is 11.0. The maximum absolute atomic E-state index is 11.0. The number of nitro groups is 1. The Hall–Kier alpha value is -1.27. The molecule has 0 aromatic heterocycles. The number of nitro benzene ring substituents is 1. The molecule has 1 aromatic rings. The van der Waals surface area contributed by atoms with Gasteiger partial charge in [-0.3, -0.25) is 15.0 Å². The van der Waals surface area contributed by atoms with Crippen molar-refractivity contribution in [1.82, 2.24) is 4.90 Å². The zero-order chi connectivity index (χ0) is 15.2. The molecule has 116 valence electrons. The molecule has 21 heavy (non-hydrogen) atoms. The fraction of sp³-hybridized carbons (Fsp3) is 0.600. The van der Waals surface area contributed by atoms with Crippen LogP contribution in [0.1, 0.15) is 25.8 Å². The van der Waals surface area contributed by atoms with Crippen LogP contribution in [0, 0.1) is 10.1 Å². The van der Waals surface area contributed by atoms with Gasteiger partial charge in [0.1, 0.15) is 0 Å². The van der Waals surface area contributed by atoms with Crippen LogP contribution in [-0.2, 0) is 6.54 Å². The van der Waals surface area contributed by atoms with Crippen LogP contribution in [0.25, 0.3) is 0 Å². The molecule has 1 heterocycles. The number of thioether (sulfide) groups is 1.